The van der Waals surface area contributed by atoms with E-state index in [1.807, 2.05) is 6.92 Å². The van der Waals surface area contributed by atoms with Crippen LogP contribution in [-0.2, 0) is 0 Å². The monoisotopic (exact) mass is 230 g/mol. The maximum atomic E-state index is 13.3. The lowest BCUT2D eigenvalue weighted by molar-refractivity contribution is 0.101. The minimum atomic E-state index is -0.583. The van der Waals surface area contributed by atoms with Crippen LogP contribution < -0.4 is 4.74 Å². The van der Waals surface area contributed by atoms with Gasteiger partial charge in [-0.3, -0.25) is 4.79 Å². The lowest BCUT2D eigenvalue weighted by Gasteiger charge is -2.10. The Labute approximate surface area is 93.0 Å². The molecule has 0 aliphatic rings. The number of rotatable bonds is 4. The Morgan fingerprint density at radius 3 is 2.73 bits per heavy atom. The van der Waals surface area contributed by atoms with Gasteiger partial charge in [-0.2, -0.15) is 0 Å². The Morgan fingerprint density at radius 1 is 1.60 bits per heavy atom. The van der Waals surface area contributed by atoms with Crippen LogP contribution in [-0.4, -0.2) is 11.3 Å². The van der Waals surface area contributed by atoms with Gasteiger partial charge in [-0.05, 0) is 25.5 Å². The van der Waals surface area contributed by atoms with E-state index in [1.165, 1.54) is 25.1 Å². The van der Waals surface area contributed by atoms with Gasteiger partial charge >= 0.3 is 0 Å². The highest BCUT2D eigenvalue weighted by Gasteiger charge is 2.10. The number of hydrogen-bond acceptors (Lipinski definition) is 2. The van der Waals surface area contributed by atoms with E-state index in [9.17, 15) is 9.18 Å². The Bertz CT molecular complexity index is 366. The van der Waals surface area contributed by atoms with Crippen molar-refractivity contribution in [2.75, 3.05) is 0 Å². The van der Waals surface area contributed by atoms with Crippen LogP contribution in [0.4, 0.5) is 4.39 Å². The van der Waals surface area contributed by atoms with Crippen molar-refractivity contribution in [3.8, 4) is 5.75 Å². The summed E-state index contributed by atoms with van der Waals surface area (Å²) in [6, 6.07) is 4.10. The summed E-state index contributed by atoms with van der Waals surface area (Å²) in [5.41, 5.74) is -0.419. The molecule has 0 N–H and O–H groups in total. The molecule has 1 aromatic carbocycles. The van der Waals surface area contributed by atoms with E-state index in [0.717, 1.165) is 0 Å². The molecular weight excluding hydrogens is 219 g/mol. The number of carbonyl (C=O) groups is 1. The van der Waals surface area contributed by atoms with Crippen LogP contribution in [0.2, 0.25) is 0 Å². The molecular formula is C11H12ClFO2. The maximum Gasteiger partial charge on any atom is 0.171 e. The number of Topliss-reactive ketones (excluding diaryl/α,β-unsaturated/α-hetero) is 1. The van der Waals surface area contributed by atoms with Crippen molar-refractivity contribution in [1.29, 1.82) is 0 Å². The van der Waals surface area contributed by atoms with Gasteiger partial charge in [-0.1, -0.05) is 18.5 Å². The number of ketones is 1. The van der Waals surface area contributed by atoms with Crippen molar-refractivity contribution >= 4 is 17.4 Å². The lowest BCUT2D eigenvalue weighted by Crippen LogP contribution is -2.07. The van der Waals surface area contributed by atoms with Gasteiger partial charge in [-0.25, -0.2) is 4.39 Å². The third-order valence-electron chi connectivity index (χ3n) is 1.90. The number of ether oxygens (including phenoxy) is 1. The topological polar surface area (TPSA) is 26.3 Å². The van der Waals surface area contributed by atoms with Gasteiger partial charge in [0.15, 0.2) is 11.3 Å². The SMILES string of the molecule is CCC(Cl)Oc1ccc(C(C)=O)c(F)c1. The Balaban J connectivity index is 2.87. The van der Waals surface area contributed by atoms with Crippen molar-refractivity contribution in [2.45, 2.75) is 25.8 Å². The van der Waals surface area contributed by atoms with Crippen LogP contribution in [0.5, 0.6) is 5.75 Å². The van der Waals surface area contributed by atoms with E-state index >= 15 is 0 Å². The highest BCUT2D eigenvalue weighted by Crippen LogP contribution is 2.19. The molecule has 0 saturated carbocycles. The molecule has 0 aromatic heterocycles. The normalized spacial score (nSPS) is 12.3. The van der Waals surface area contributed by atoms with Crippen molar-refractivity contribution in [2.24, 2.45) is 0 Å². The smallest absolute Gasteiger partial charge is 0.171 e. The van der Waals surface area contributed by atoms with E-state index in [1.54, 1.807) is 0 Å². The number of hydrogen-bond donors (Lipinski definition) is 0. The van der Waals surface area contributed by atoms with Crippen LogP contribution >= 0.6 is 11.6 Å². The van der Waals surface area contributed by atoms with Crippen molar-refractivity contribution < 1.29 is 13.9 Å². The summed E-state index contributed by atoms with van der Waals surface area (Å²) in [5.74, 6) is -0.559. The highest BCUT2D eigenvalue weighted by atomic mass is 35.5. The molecule has 15 heavy (non-hydrogen) atoms. The molecule has 0 bridgehead atoms. The molecule has 0 spiro atoms. The molecule has 82 valence electrons. The van der Waals surface area contributed by atoms with Crippen LogP contribution in [0.3, 0.4) is 0 Å². The van der Waals surface area contributed by atoms with E-state index in [-0.39, 0.29) is 11.3 Å². The molecule has 0 saturated heterocycles. The summed E-state index contributed by atoms with van der Waals surface area (Å²) in [6.07, 6.45) is 0.623. The number of alkyl halides is 1. The number of carbonyl (C=O) groups excluding carboxylic acids is 1. The van der Waals surface area contributed by atoms with Crippen LogP contribution in [0.25, 0.3) is 0 Å². The molecule has 2 nitrogen and oxygen atoms in total. The third kappa shape index (κ3) is 3.20. The van der Waals surface area contributed by atoms with Crippen molar-refractivity contribution in [3.63, 3.8) is 0 Å². The molecule has 0 aliphatic carbocycles. The lowest BCUT2D eigenvalue weighted by atomic mass is 10.1. The summed E-state index contributed by atoms with van der Waals surface area (Å²) in [6.45, 7) is 3.17. The number of halogens is 2. The van der Waals surface area contributed by atoms with E-state index in [4.69, 9.17) is 16.3 Å². The molecule has 1 rings (SSSR count). The predicted molar refractivity (Wildman–Crippen MR) is 57.0 cm³/mol. The summed E-state index contributed by atoms with van der Waals surface area (Å²) in [4.78, 5) is 10.9. The molecule has 1 atom stereocenters. The van der Waals surface area contributed by atoms with Gasteiger partial charge in [-0.15, -0.1) is 0 Å². The van der Waals surface area contributed by atoms with Gasteiger partial charge in [0, 0.05) is 6.07 Å². The Hall–Kier alpha value is -1.09. The quantitative estimate of drug-likeness (QED) is 0.586. The van der Waals surface area contributed by atoms with Gasteiger partial charge < -0.3 is 4.74 Å². The second-order valence-corrected chi connectivity index (χ2v) is 3.62. The molecule has 1 unspecified atom stereocenters. The molecule has 0 radical (unpaired) electrons. The Kier molecular flexibility index (Phi) is 4.09. The van der Waals surface area contributed by atoms with Gasteiger partial charge in [0.05, 0.1) is 5.56 Å². The minimum absolute atomic E-state index is 0.0602. The van der Waals surface area contributed by atoms with Crippen molar-refractivity contribution in [3.05, 3.63) is 29.6 Å². The first-order valence-corrected chi connectivity index (χ1v) is 5.09. The zero-order valence-electron chi connectivity index (χ0n) is 8.59. The average Bonchev–Trinajstić information content (AvgIpc) is 2.17. The zero-order valence-corrected chi connectivity index (χ0v) is 9.34. The van der Waals surface area contributed by atoms with Gasteiger partial charge in [0.25, 0.3) is 0 Å². The molecule has 0 heterocycles. The summed E-state index contributed by atoms with van der Waals surface area (Å²) in [7, 11) is 0. The van der Waals surface area contributed by atoms with Crippen LogP contribution in [0, 0.1) is 5.82 Å². The zero-order chi connectivity index (χ0) is 11.4. The van der Waals surface area contributed by atoms with Crippen molar-refractivity contribution in [1.82, 2.24) is 0 Å². The predicted octanol–water partition coefficient (Wildman–Crippen LogP) is 3.38. The minimum Gasteiger partial charge on any atom is -0.475 e. The fourth-order valence-electron chi connectivity index (χ4n) is 1.09. The molecule has 0 aliphatic heterocycles. The molecule has 0 fully saturated rings. The summed E-state index contributed by atoms with van der Waals surface area (Å²) < 4.78 is 18.5. The molecule has 4 heteroatoms. The van der Waals surface area contributed by atoms with E-state index in [2.05, 4.69) is 0 Å². The molecule has 0 amide bonds. The second-order valence-electron chi connectivity index (χ2n) is 3.13. The van der Waals surface area contributed by atoms with E-state index in [0.29, 0.717) is 12.2 Å². The van der Waals surface area contributed by atoms with Crippen LogP contribution in [0.1, 0.15) is 30.6 Å². The van der Waals surface area contributed by atoms with Crippen LogP contribution in [0.15, 0.2) is 18.2 Å². The second kappa shape index (κ2) is 5.12. The first kappa shape index (κ1) is 12.0. The van der Waals surface area contributed by atoms with E-state index < -0.39 is 11.4 Å². The highest BCUT2D eigenvalue weighted by molar-refractivity contribution is 6.19. The average molecular weight is 231 g/mol. The first-order valence-electron chi connectivity index (χ1n) is 4.65. The Morgan fingerprint density at radius 2 is 2.27 bits per heavy atom. The fraction of sp³-hybridized carbons (Fsp3) is 0.364. The largest absolute Gasteiger partial charge is 0.475 e. The fourth-order valence-corrected chi connectivity index (χ4v) is 1.19. The standard InChI is InChI=1S/C11H12ClFO2/c1-3-11(12)15-8-4-5-9(7(2)14)10(13)6-8/h4-6,11H,3H2,1-2H3. The van der Waals surface area contributed by atoms with Gasteiger partial charge in [0.1, 0.15) is 11.6 Å². The summed E-state index contributed by atoms with van der Waals surface area (Å²) >= 11 is 5.74. The molecule has 1 aromatic rings. The third-order valence-corrected chi connectivity index (χ3v) is 2.30. The van der Waals surface area contributed by atoms with Gasteiger partial charge in [0.2, 0.25) is 0 Å². The number of benzene rings is 1. The summed E-state index contributed by atoms with van der Waals surface area (Å²) in [5, 5.41) is 0. The maximum absolute atomic E-state index is 13.3. The first-order chi connectivity index (χ1) is 7.04.